The molecule has 0 radical (unpaired) electrons. The number of hydrogen-bond acceptors (Lipinski definition) is 3. The monoisotopic (exact) mass is 299 g/mol. The van der Waals surface area contributed by atoms with Crippen molar-refractivity contribution in [2.24, 2.45) is 17.8 Å². The zero-order chi connectivity index (χ0) is 15.7. The van der Waals surface area contributed by atoms with Crippen LogP contribution in [0.3, 0.4) is 0 Å². The van der Waals surface area contributed by atoms with Crippen LogP contribution in [-0.2, 0) is 9.59 Å². The van der Waals surface area contributed by atoms with E-state index in [-0.39, 0.29) is 12.0 Å². The molecule has 0 aromatic heterocycles. The number of nitrogens with one attached hydrogen (secondary N) is 1. The zero-order valence-electron chi connectivity index (χ0n) is 11.8. The van der Waals surface area contributed by atoms with Crippen molar-refractivity contribution in [1.29, 1.82) is 0 Å². The van der Waals surface area contributed by atoms with Crippen molar-refractivity contribution in [1.82, 2.24) is 5.32 Å². The summed E-state index contributed by atoms with van der Waals surface area (Å²) in [6.07, 6.45) is 7.46. The second-order valence-electron chi connectivity index (χ2n) is 5.68. The Kier molecular flexibility index (Phi) is 3.81. The van der Waals surface area contributed by atoms with E-state index < -0.39 is 29.8 Å². The Morgan fingerprint density at radius 1 is 1.00 bits per heavy atom. The predicted octanol–water partition coefficient (Wildman–Crippen LogP) is 1.63. The standard InChI is InChI=1S/C17H17NO4/c19-16(20)14-11-7-9-13(15(14)17(21)22)18-12(11)8-6-10-4-2-1-3-5-10/h1-9,11-15,18H,(H,19,20)(H,21,22). The summed E-state index contributed by atoms with van der Waals surface area (Å²) in [6.45, 7) is 0. The Morgan fingerprint density at radius 2 is 1.68 bits per heavy atom. The summed E-state index contributed by atoms with van der Waals surface area (Å²) in [6, 6.07) is 9.09. The molecule has 5 atom stereocenters. The Hall–Kier alpha value is -2.40. The second-order valence-corrected chi connectivity index (χ2v) is 5.68. The molecule has 2 bridgehead atoms. The van der Waals surface area contributed by atoms with Gasteiger partial charge < -0.3 is 15.5 Å². The topological polar surface area (TPSA) is 86.6 Å². The fraction of sp³-hybridized carbons (Fsp3) is 0.294. The van der Waals surface area contributed by atoms with Crippen LogP contribution in [0.1, 0.15) is 5.56 Å². The van der Waals surface area contributed by atoms with E-state index in [1.54, 1.807) is 6.08 Å². The summed E-state index contributed by atoms with van der Waals surface area (Å²) >= 11 is 0. The highest BCUT2D eigenvalue weighted by molar-refractivity contribution is 5.82. The minimum atomic E-state index is -1.07. The first-order valence-electron chi connectivity index (χ1n) is 7.21. The molecule has 1 aliphatic carbocycles. The fourth-order valence-corrected chi connectivity index (χ4v) is 3.37. The number of piperidine rings is 1. The third kappa shape index (κ3) is 2.55. The molecule has 0 saturated carbocycles. The predicted molar refractivity (Wildman–Crippen MR) is 81.1 cm³/mol. The van der Waals surface area contributed by atoms with Gasteiger partial charge in [0.1, 0.15) is 0 Å². The van der Waals surface area contributed by atoms with Crippen molar-refractivity contribution in [2.45, 2.75) is 12.1 Å². The maximum Gasteiger partial charge on any atom is 0.309 e. The van der Waals surface area contributed by atoms with Gasteiger partial charge >= 0.3 is 11.9 Å². The maximum atomic E-state index is 11.5. The molecule has 5 unspecified atom stereocenters. The van der Waals surface area contributed by atoms with Crippen LogP contribution in [0.15, 0.2) is 48.6 Å². The lowest BCUT2D eigenvalue weighted by Crippen LogP contribution is -2.61. The van der Waals surface area contributed by atoms with E-state index in [1.807, 2.05) is 48.6 Å². The van der Waals surface area contributed by atoms with Gasteiger partial charge in [-0.05, 0) is 5.56 Å². The van der Waals surface area contributed by atoms with Gasteiger partial charge in [0.05, 0.1) is 11.8 Å². The molecule has 0 amide bonds. The summed E-state index contributed by atoms with van der Waals surface area (Å²) < 4.78 is 0. The lowest BCUT2D eigenvalue weighted by atomic mass is 9.66. The molecule has 114 valence electrons. The number of hydrogen-bond donors (Lipinski definition) is 3. The lowest BCUT2D eigenvalue weighted by Gasteiger charge is -2.45. The van der Waals surface area contributed by atoms with Crippen molar-refractivity contribution in [3.05, 3.63) is 54.1 Å². The first-order chi connectivity index (χ1) is 10.6. The molecular formula is C17H17NO4. The smallest absolute Gasteiger partial charge is 0.309 e. The number of aliphatic carboxylic acids is 2. The average molecular weight is 299 g/mol. The van der Waals surface area contributed by atoms with Gasteiger partial charge in [0.25, 0.3) is 0 Å². The molecule has 1 saturated heterocycles. The van der Waals surface area contributed by atoms with E-state index in [2.05, 4.69) is 5.32 Å². The van der Waals surface area contributed by atoms with Gasteiger partial charge in [-0.25, -0.2) is 0 Å². The number of rotatable bonds is 4. The van der Waals surface area contributed by atoms with Crippen molar-refractivity contribution in [3.8, 4) is 0 Å². The molecule has 4 rings (SSSR count). The Labute approximate surface area is 128 Å². The first kappa shape index (κ1) is 14.5. The molecular weight excluding hydrogens is 282 g/mol. The molecule has 2 aliphatic heterocycles. The largest absolute Gasteiger partial charge is 0.481 e. The van der Waals surface area contributed by atoms with Crippen LogP contribution < -0.4 is 5.32 Å². The number of carbonyl (C=O) groups is 2. The SMILES string of the molecule is O=C(O)C1C2C=CC(C(C=Cc3ccccc3)N2)C1C(=O)O. The summed E-state index contributed by atoms with van der Waals surface area (Å²) in [5, 5.41) is 22.0. The summed E-state index contributed by atoms with van der Waals surface area (Å²) in [5.41, 5.74) is 1.02. The van der Waals surface area contributed by atoms with Crippen molar-refractivity contribution in [2.75, 3.05) is 0 Å². The van der Waals surface area contributed by atoms with Crippen LogP contribution in [0.4, 0.5) is 0 Å². The van der Waals surface area contributed by atoms with E-state index in [4.69, 9.17) is 0 Å². The second kappa shape index (κ2) is 5.77. The number of benzene rings is 1. The third-order valence-electron chi connectivity index (χ3n) is 4.39. The summed E-state index contributed by atoms with van der Waals surface area (Å²) in [7, 11) is 0. The van der Waals surface area contributed by atoms with E-state index in [0.29, 0.717) is 0 Å². The van der Waals surface area contributed by atoms with Crippen LogP contribution in [0.2, 0.25) is 0 Å². The third-order valence-corrected chi connectivity index (χ3v) is 4.39. The van der Waals surface area contributed by atoms with Gasteiger partial charge in [-0.2, -0.15) is 0 Å². The van der Waals surface area contributed by atoms with E-state index in [1.165, 1.54) is 0 Å². The highest BCUT2D eigenvalue weighted by Gasteiger charge is 2.51. The van der Waals surface area contributed by atoms with Gasteiger partial charge in [-0.3, -0.25) is 9.59 Å². The molecule has 3 aliphatic rings. The Balaban J connectivity index is 1.85. The molecule has 1 aromatic carbocycles. The molecule has 5 nitrogen and oxygen atoms in total. The Bertz CT molecular complexity index is 637. The van der Waals surface area contributed by atoms with Crippen LogP contribution in [-0.4, -0.2) is 34.2 Å². The van der Waals surface area contributed by atoms with Gasteiger partial charge in [0.2, 0.25) is 0 Å². The first-order valence-corrected chi connectivity index (χ1v) is 7.21. The van der Waals surface area contributed by atoms with Gasteiger partial charge in [-0.1, -0.05) is 54.6 Å². The highest BCUT2D eigenvalue weighted by atomic mass is 16.4. The summed E-state index contributed by atoms with van der Waals surface area (Å²) in [5.74, 6) is -4.30. The van der Waals surface area contributed by atoms with Crippen LogP contribution in [0.5, 0.6) is 0 Å². The number of carboxylic acid groups (broad SMARTS) is 2. The molecule has 5 heteroatoms. The lowest BCUT2D eigenvalue weighted by molar-refractivity contribution is -0.159. The average Bonchev–Trinajstić information content (AvgIpc) is 2.53. The van der Waals surface area contributed by atoms with E-state index in [9.17, 15) is 19.8 Å². The summed E-state index contributed by atoms with van der Waals surface area (Å²) in [4.78, 5) is 22.9. The van der Waals surface area contributed by atoms with Gasteiger partial charge in [-0.15, -0.1) is 0 Å². The maximum absolute atomic E-state index is 11.5. The molecule has 0 spiro atoms. The molecule has 22 heavy (non-hydrogen) atoms. The van der Waals surface area contributed by atoms with Crippen LogP contribution in [0.25, 0.3) is 6.08 Å². The van der Waals surface area contributed by atoms with Crippen LogP contribution >= 0.6 is 0 Å². The van der Waals surface area contributed by atoms with Gasteiger partial charge in [0, 0.05) is 18.0 Å². The van der Waals surface area contributed by atoms with Crippen molar-refractivity contribution >= 4 is 18.0 Å². The number of carboxylic acids is 2. The molecule has 1 aromatic rings. The highest BCUT2D eigenvalue weighted by Crippen LogP contribution is 2.38. The fourth-order valence-electron chi connectivity index (χ4n) is 3.37. The van der Waals surface area contributed by atoms with Gasteiger partial charge in [0.15, 0.2) is 0 Å². The zero-order valence-corrected chi connectivity index (χ0v) is 11.8. The molecule has 2 heterocycles. The quantitative estimate of drug-likeness (QED) is 0.736. The molecule has 1 fully saturated rings. The minimum absolute atomic E-state index is 0.174. The van der Waals surface area contributed by atoms with E-state index >= 15 is 0 Å². The number of fused-ring (bicyclic) bond motifs is 2. The van der Waals surface area contributed by atoms with Crippen LogP contribution in [0, 0.1) is 17.8 Å². The minimum Gasteiger partial charge on any atom is -0.481 e. The van der Waals surface area contributed by atoms with Crippen molar-refractivity contribution in [3.63, 3.8) is 0 Å². The normalized spacial score (nSPS) is 33.2. The molecule has 3 N–H and O–H groups in total. The van der Waals surface area contributed by atoms with Crippen molar-refractivity contribution < 1.29 is 19.8 Å². The Morgan fingerprint density at radius 3 is 2.32 bits per heavy atom. The van der Waals surface area contributed by atoms with E-state index in [0.717, 1.165) is 5.56 Å².